The summed E-state index contributed by atoms with van der Waals surface area (Å²) in [5, 5.41) is 0. The number of hydrogen-bond donors (Lipinski definition) is 1. The van der Waals surface area contributed by atoms with E-state index in [1.165, 1.54) is 41.3 Å². The van der Waals surface area contributed by atoms with Crippen molar-refractivity contribution in [2.24, 2.45) is 0 Å². The molecule has 0 aromatic heterocycles. The van der Waals surface area contributed by atoms with E-state index in [-0.39, 0.29) is 29.6 Å². The zero-order chi connectivity index (χ0) is 17.3. The third-order valence-corrected chi connectivity index (χ3v) is 5.45. The van der Waals surface area contributed by atoms with E-state index in [0.29, 0.717) is 5.69 Å². The molecule has 1 amide bonds. The van der Waals surface area contributed by atoms with Crippen LogP contribution in [0.2, 0.25) is 0 Å². The minimum absolute atomic E-state index is 0.0719. The van der Waals surface area contributed by atoms with Gasteiger partial charge >= 0.3 is 0 Å². The third-order valence-electron chi connectivity index (χ3n) is 3.92. The second kappa shape index (κ2) is 6.33. The van der Waals surface area contributed by atoms with Crippen molar-refractivity contribution < 1.29 is 17.6 Å². The van der Waals surface area contributed by atoms with Crippen molar-refractivity contribution in [2.75, 3.05) is 11.4 Å². The molecule has 24 heavy (non-hydrogen) atoms. The first-order chi connectivity index (χ1) is 11.3. The van der Waals surface area contributed by atoms with Crippen LogP contribution in [0, 0.1) is 12.7 Å². The van der Waals surface area contributed by atoms with Gasteiger partial charge in [0.1, 0.15) is 5.82 Å². The number of carbonyl (C=O) groups excluding carboxylic acids is 1. The molecule has 1 fully saturated rings. The maximum Gasteiger partial charge on any atom is 0.240 e. The lowest BCUT2D eigenvalue weighted by Gasteiger charge is -2.17. The van der Waals surface area contributed by atoms with Crippen LogP contribution in [0.1, 0.15) is 12.0 Å². The van der Waals surface area contributed by atoms with Gasteiger partial charge in [0.05, 0.1) is 4.90 Å². The number of anilines is 1. The van der Waals surface area contributed by atoms with Crippen LogP contribution >= 0.6 is 0 Å². The number of nitrogens with one attached hydrogen (secondary N) is 1. The zero-order valence-electron chi connectivity index (χ0n) is 13.1. The topological polar surface area (TPSA) is 66.5 Å². The van der Waals surface area contributed by atoms with E-state index in [0.717, 1.165) is 5.56 Å². The van der Waals surface area contributed by atoms with Crippen molar-refractivity contribution in [3.05, 3.63) is 59.9 Å². The minimum atomic E-state index is -3.69. The van der Waals surface area contributed by atoms with Crippen LogP contribution in [-0.4, -0.2) is 26.9 Å². The Morgan fingerprint density at radius 2 is 1.71 bits per heavy atom. The molecule has 0 radical (unpaired) electrons. The molecule has 1 atom stereocenters. The highest BCUT2D eigenvalue weighted by Gasteiger charge is 2.33. The van der Waals surface area contributed by atoms with E-state index < -0.39 is 16.1 Å². The van der Waals surface area contributed by atoms with E-state index in [9.17, 15) is 17.6 Å². The van der Waals surface area contributed by atoms with Crippen molar-refractivity contribution >= 4 is 21.6 Å². The lowest BCUT2D eigenvalue weighted by atomic mass is 10.2. The molecule has 0 bridgehead atoms. The molecule has 1 heterocycles. The van der Waals surface area contributed by atoms with Crippen molar-refractivity contribution in [1.29, 1.82) is 0 Å². The number of carbonyl (C=O) groups is 1. The Kier molecular flexibility index (Phi) is 4.38. The third kappa shape index (κ3) is 3.47. The molecule has 126 valence electrons. The average Bonchev–Trinajstić information content (AvgIpc) is 2.88. The molecule has 0 aliphatic carbocycles. The predicted molar refractivity (Wildman–Crippen MR) is 88.7 cm³/mol. The van der Waals surface area contributed by atoms with Gasteiger partial charge < -0.3 is 4.90 Å². The van der Waals surface area contributed by atoms with Gasteiger partial charge in [-0.1, -0.05) is 17.7 Å². The Hall–Kier alpha value is -2.25. The Morgan fingerprint density at radius 1 is 1.08 bits per heavy atom. The van der Waals surface area contributed by atoms with Gasteiger partial charge in [0, 0.05) is 24.7 Å². The molecule has 5 nitrogen and oxygen atoms in total. The summed E-state index contributed by atoms with van der Waals surface area (Å²) in [6.45, 7) is 2.09. The fraction of sp³-hybridized carbons (Fsp3) is 0.235. The Morgan fingerprint density at radius 3 is 2.33 bits per heavy atom. The van der Waals surface area contributed by atoms with Gasteiger partial charge in [0.25, 0.3) is 0 Å². The fourth-order valence-corrected chi connectivity index (χ4v) is 3.89. The number of benzene rings is 2. The molecule has 3 rings (SSSR count). The standard InChI is InChI=1S/C17H17FN2O3S/c1-12-2-8-16(9-3-12)24(22,23)19-14-10-17(21)20(11-14)15-6-4-13(18)5-7-15/h2-9,14,19H,10-11H2,1H3/t14-/m1/s1. The molecule has 7 heteroatoms. The lowest BCUT2D eigenvalue weighted by Crippen LogP contribution is -2.37. The van der Waals surface area contributed by atoms with E-state index in [1.807, 2.05) is 6.92 Å². The summed E-state index contributed by atoms with van der Waals surface area (Å²) in [4.78, 5) is 13.8. The molecule has 0 saturated carbocycles. The maximum absolute atomic E-state index is 13.0. The number of amides is 1. The first-order valence-electron chi connectivity index (χ1n) is 7.50. The number of rotatable bonds is 4. The van der Waals surface area contributed by atoms with Crippen LogP contribution in [0.3, 0.4) is 0 Å². The summed E-state index contributed by atoms with van der Waals surface area (Å²) in [7, 11) is -3.69. The molecule has 1 N–H and O–H groups in total. The van der Waals surface area contributed by atoms with Gasteiger partial charge in [-0.3, -0.25) is 4.79 Å². The van der Waals surface area contributed by atoms with E-state index in [2.05, 4.69) is 4.72 Å². The summed E-state index contributed by atoms with van der Waals surface area (Å²) in [6, 6.07) is 11.5. The molecule has 1 aliphatic heterocycles. The quantitative estimate of drug-likeness (QED) is 0.921. The van der Waals surface area contributed by atoms with Crippen molar-refractivity contribution in [1.82, 2.24) is 4.72 Å². The van der Waals surface area contributed by atoms with E-state index >= 15 is 0 Å². The highest BCUT2D eigenvalue weighted by Crippen LogP contribution is 2.23. The highest BCUT2D eigenvalue weighted by atomic mass is 32.2. The summed E-state index contributed by atoms with van der Waals surface area (Å²) < 4.78 is 40.4. The highest BCUT2D eigenvalue weighted by molar-refractivity contribution is 7.89. The molecule has 0 unspecified atom stereocenters. The number of nitrogens with zero attached hydrogens (tertiary/aromatic N) is 1. The van der Waals surface area contributed by atoms with E-state index in [1.54, 1.807) is 12.1 Å². The van der Waals surface area contributed by atoms with Crippen LogP contribution in [-0.2, 0) is 14.8 Å². The van der Waals surface area contributed by atoms with Crippen molar-refractivity contribution in [2.45, 2.75) is 24.3 Å². The second-order valence-electron chi connectivity index (χ2n) is 5.82. The first kappa shape index (κ1) is 16.6. The normalized spacial score (nSPS) is 18.2. The summed E-state index contributed by atoms with van der Waals surface area (Å²) in [6.07, 6.45) is 0.0719. The molecule has 1 aliphatic rings. The average molecular weight is 348 g/mol. The van der Waals surface area contributed by atoms with Gasteiger partial charge in [-0.2, -0.15) is 0 Å². The van der Waals surface area contributed by atoms with Gasteiger partial charge in [0.2, 0.25) is 15.9 Å². The molecule has 2 aromatic carbocycles. The zero-order valence-corrected chi connectivity index (χ0v) is 13.9. The summed E-state index contributed by atoms with van der Waals surface area (Å²) in [5.41, 5.74) is 1.52. The summed E-state index contributed by atoms with van der Waals surface area (Å²) >= 11 is 0. The van der Waals surface area contributed by atoms with Crippen LogP contribution in [0.15, 0.2) is 53.4 Å². The monoisotopic (exact) mass is 348 g/mol. The molecular formula is C17H17FN2O3S. The summed E-state index contributed by atoms with van der Waals surface area (Å²) in [5.74, 6) is -0.583. The molecule has 2 aromatic rings. The van der Waals surface area contributed by atoms with Crippen LogP contribution in [0.5, 0.6) is 0 Å². The predicted octanol–water partition coefficient (Wildman–Crippen LogP) is 2.22. The van der Waals surface area contributed by atoms with Gasteiger partial charge in [-0.15, -0.1) is 0 Å². The first-order valence-corrected chi connectivity index (χ1v) is 8.98. The molecule has 0 spiro atoms. The van der Waals surface area contributed by atoms with Gasteiger partial charge in [0.15, 0.2) is 0 Å². The second-order valence-corrected chi connectivity index (χ2v) is 7.53. The number of halogens is 1. The Balaban J connectivity index is 1.74. The van der Waals surface area contributed by atoms with Gasteiger partial charge in [-0.25, -0.2) is 17.5 Å². The Labute approximate surface area is 140 Å². The number of sulfonamides is 1. The van der Waals surface area contributed by atoms with Crippen molar-refractivity contribution in [3.8, 4) is 0 Å². The largest absolute Gasteiger partial charge is 0.311 e. The maximum atomic E-state index is 13.0. The molecular weight excluding hydrogens is 331 g/mol. The lowest BCUT2D eigenvalue weighted by molar-refractivity contribution is -0.117. The minimum Gasteiger partial charge on any atom is -0.311 e. The fourth-order valence-electron chi connectivity index (χ4n) is 2.66. The van der Waals surface area contributed by atoms with Crippen LogP contribution < -0.4 is 9.62 Å². The van der Waals surface area contributed by atoms with E-state index in [4.69, 9.17) is 0 Å². The molecule has 1 saturated heterocycles. The van der Waals surface area contributed by atoms with Crippen LogP contribution in [0.4, 0.5) is 10.1 Å². The smallest absolute Gasteiger partial charge is 0.240 e. The van der Waals surface area contributed by atoms with Crippen molar-refractivity contribution in [3.63, 3.8) is 0 Å². The number of hydrogen-bond acceptors (Lipinski definition) is 3. The Bertz CT molecular complexity index is 848. The number of aryl methyl sites for hydroxylation is 1. The SMILES string of the molecule is Cc1ccc(S(=O)(=O)N[C@@H]2CC(=O)N(c3ccc(F)cc3)C2)cc1. The van der Waals surface area contributed by atoms with Crippen LogP contribution in [0.25, 0.3) is 0 Å². The van der Waals surface area contributed by atoms with Gasteiger partial charge in [-0.05, 0) is 43.3 Å².